The van der Waals surface area contributed by atoms with E-state index in [0.29, 0.717) is 18.0 Å². The van der Waals surface area contributed by atoms with E-state index >= 15 is 0 Å². The Morgan fingerprint density at radius 2 is 1.77 bits per heavy atom. The molecule has 1 unspecified atom stereocenters. The van der Waals surface area contributed by atoms with Gasteiger partial charge in [-0.15, -0.1) is 24.8 Å². The number of allylic oxidation sites excluding steroid dienone is 1. The maximum Gasteiger partial charge on any atom is 0.161 e. The number of benzene rings is 1. The van der Waals surface area contributed by atoms with E-state index in [9.17, 15) is 5.11 Å². The van der Waals surface area contributed by atoms with Gasteiger partial charge in [0.15, 0.2) is 11.5 Å². The van der Waals surface area contributed by atoms with E-state index in [4.69, 9.17) is 9.47 Å². The van der Waals surface area contributed by atoms with Crippen molar-refractivity contribution >= 4 is 30.9 Å². The van der Waals surface area contributed by atoms with Crippen LogP contribution in [0, 0.1) is 0 Å². The Morgan fingerprint density at radius 1 is 1.12 bits per heavy atom. The van der Waals surface area contributed by atoms with E-state index in [2.05, 4.69) is 16.7 Å². The number of ether oxygens (including phenoxy) is 2. The standard InChI is InChI=1S/C19H30N2O3.2ClH/c1-4-6-16-7-8-18(19(13-16)23-3)24-15-17(22)14-21-11-9-20(5-2)10-12-21;;/h4,6-8,13,17,22H,5,9-12,14-15H2,1-3H3;2*1H. The summed E-state index contributed by atoms with van der Waals surface area (Å²) in [5.41, 5.74) is 1.07. The van der Waals surface area contributed by atoms with Crippen LogP contribution < -0.4 is 9.47 Å². The number of methoxy groups -OCH3 is 1. The molecule has 0 radical (unpaired) electrons. The summed E-state index contributed by atoms with van der Waals surface area (Å²) in [7, 11) is 1.63. The first-order chi connectivity index (χ1) is 11.7. The fourth-order valence-electron chi connectivity index (χ4n) is 2.92. The number of aliphatic hydroxyl groups excluding tert-OH is 1. The van der Waals surface area contributed by atoms with Gasteiger partial charge in [-0.05, 0) is 31.2 Å². The Kier molecular flexibility index (Phi) is 12.7. The quantitative estimate of drug-likeness (QED) is 0.718. The van der Waals surface area contributed by atoms with E-state index in [1.54, 1.807) is 7.11 Å². The van der Waals surface area contributed by atoms with Crippen molar-refractivity contribution in [2.45, 2.75) is 20.0 Å². The van der Waals surface area contributed by atoms with Crippen LogP contribution in [-0.4, -0.2) is 74.0 Å². The maximum absolute atomic E-state index is 10.3. The molecule has 1 aliphatic heterocycles. The van der Waals surface area contributed by atoms with Gasteiger partial charge in [0.05, 0.1) is 7.11 Å². The molecule has 0 amide bonds. The lowest BCUT2D eigenvalue weighted by Gasteiger charge is -2.34. The van der Waals surface area contributed by atoms with Gasteiger partial charge < -0.3 is 19.5 Å². The van der Waals surface area contributed by atoms with Gasteiger partial charge in [0.2, 0.25) is 0 Å². The smallest absolute Gasteiger partial charge is 0.161 e. The molecule has 1 aliphatic rings. The molecule has 0 bridgehead atoms. The van der Waals surface area contributed by atoms with Crippen molar-refractivity contribution in [3.05, 3.63) is 29.8 Å². The van der Waals surface area contributed by atoms with Crippen LogP contribution in [0.1, 0.15) is 19.4 Å². The summed E-state index contributed by atoms with van der Waals surface area (Å²) in [5.74, 6) is 1.36. The monoisotopic (exact) mass is 406 g/mol. The lowest BCUT2D eigenvalue weighted by atomic mass is 10.2. The minimum atomic E-state index is -0.502. The first-order valence-electron chi connectivity index (χ1n) is 8.72. The van der Waals surface area contributed by atoms with Crippen molar-refractivity contribution in [1.82, 2.24) is 9.80 Å². The van der Waals surface area contributed by atoms with Crippen molar-refractivity contribution in [2.75, 3.05) is 53.0 Å². The zero-order valence-corrected chi connectivity index (χ0v) is 17.5. The number of aliphatic hydroxyl groups is 1. The van der Waals surface area contributed by atoms with Crippen LogP contribution in [-0.2, 0) is 0 Å². The topological polar surface area (TPSA) is 45.2 Å². The molecule has 1 heterocycles. The number of nitrogens with zero attached hydrogens (tertiary/aromatic N) is 2. The van der Waals surface area contributed by atoms with Gasteiger partial charge in [-0.1, -0.05) is 25.1 Å². The minimum Gasteiger partial charge on any atom is -0.493 e. The summed E-state index contributed by atoms with van der Waals surface area (Å²) in [6.45, 7) is 10.3. The minimum absolute atomic E-state index is 0. The molecule has 1 atom stereocenters. The number of halogens is 2. The van der Waals surface area contributed by atoms with Crippen molar-refractivity contribution in [2.24, 2.45) is 0 Å². The molecule has 1 saturated heterocycles. The molecule has 2 rings (SSSR count). The van der Waals surface area contributed by atoms with Crippen LogP contribution in [0.4, 0.5) is 0 Å². The number of hydrogen-bond donors (Lipinski definition) is 1. The largest absolute Gasteiger partial charge is 0.493 e. The molecule has 1 aromatic carbocycles. The molecule has 1 fully saturated rings. The average Bonchev–Trinajstić information content (AvgIpc) is 2.61. The second-order valence-corrected chi connectivity index (χ2v) is 6.11. The van der Waals surface area contributed by atoms with E-state index < -0.39 is 6.10 Å². The van der Waals surface area contributed by atoms with E-state index in [-0.39, 0.29) is 31.4 Å². The molecule has 26 heavy (non-hydrogen) atoms. The van der Waals surface area contributed by atoms with Crippen LogP contribution in [0.5, 0.6) is 11.5 Å². The zero-order chi connectivity index (χ0) is 17.4. The molecule has 5 nitrogen and oxygen atoms in total. The second kappa shape index (κ2) is 13.2. The lowest BCUT2D eigenvalue weighted by Crippen LogP contribution is -2.49. The third-order valence-electron chi connectivity index (χ3n) is 4.36. The fraction of sp³-hybridized carbons (Fsp3) is 0.579. The summed E-state index contributed by atoms with van der Waals surface area (Å²) < 4.78 is 11.2. The summed E-state index contributed by atoms with van der Waals surface area (Å²) in [5, 5.41) is 10.3. The molecular formula is C19H32Cl2N2O3. The highest BCUT2D eigenvalue weighted by molar-refractivity contribution is 5.85. The van der Waals surface area contributed by atoms with Crippen LogP contribution in [0.3, 0.4) is 0 Å². The molecule has 7 heteroatoms. The Bertz CT molecular complexity index is 536. The van der Waals surface area contributed by atoms with Gasteiger partial charge in [0.1, 0.15) is 12.7 Å². The Morgan fingerprint density at radius 3 is 2.35 bits per heavy atom. The summed E-state index contributed by atoms with van der Waals surface area (Å²) in [6.07, 6.45) is 3.49. The van der Waals surface area contributed by atoms with Gasteiger partial charge in [0.25, 0.3) is 0 Å². The van der Waals surface area contributed by atoms with E-state index in [1.165, 1.54) is 0 Å². The average molecular weight is 407 g/mol. The molecule has 0 spiro atoms. The molecule has 0 saturated carbocycles. The normalized spacial score (nSPS) is 16.6. The third-order valence-corrected chi connectivity index (χ3v) is 4.36. The Balaban J connectivity index is 0.00000312. The Labute approximate surface area is 169 Å². The molecule has 0 aromatic heterocycles. The summed E-state index contributed by atoms with van der Waals surface area (Å²) in [4.78, 5) is 4.73. The zero-order valence-electron chi connectivity index (χ0n) is 15.9. The molecule has 1 aromatic rings. The van der Waals surface area contributed by atoms with Crippen LogP contribution in [0.15, 0.2) is 24.3 Å². The van der Waals surface area contributed by atoms with Crippen molar-refractivity contribution < 1.29 is 14.6 Å². The van der Waals surface area contributed by atoms with Gasteiger partial charge in [0, 0.05) is 32.7 Å². The molecular weight excluding hydrogens is 375 g/mol. The maximum atomic E-state index is 10.3. The van der Waals surface area contributed by atoms with Gasteiger partial charge >= 0.3 is 0 Å². The summed E-state index contributed by atoms with van der Waals surface area (Å²) >= 11 is 0. The first-order valence-corrected chi connectivity index (χ1v) is 8.72. The SMILES string of the molecule is CC=Cc1ccc(OCC(O)CN2CCN(CC)CC2)c(OC)c1.Cl.Cl. The number of hydrogen-bond acceptors (Lipinski definition) is 5. The van der Waals surface area contributed by atoms with E-state index in [0.717, 1.165) is 38.3 Å². The summed E-state index contributed by atoms with van der Waals surface area (Å²) in [6, 6.07) is 5.81. The van der Waals surface area contributed by atoms with Gasteiger partial charge in [-0.2, -0.15) is 0 Å². The molecule has 1 N–H and O–H groups in total. The van der Waals surface area contributed by atoms with Crippen LogP contribution in [0.2, 0.25) is 0 Å². The van der Waals surface area contributed by atoms with Crippen LogP contribution >= 0.6 is 24.8 Å². The predicted molar refractivity (Wildman–Crippen MR) is 112 cm³/mol. The Hall–Kier alpha value is -0.980. The number of β-amino-alcohol motifs (C(OH)–C–C–N with tert-alkyl or cyclic N) is 1. The number of likely N-dealkylation sites (N-methyl/N-ethyl adjacent to an activating group) is 1. The van der Waals surface area contributed by atoms with Crippen molar-refractivity contribution in [3.63, 3.8) is 0 Å². The third kappa shape index (κ3) is 7.72. The molecule has 0 aliphatic carbocycles. The van der Waals surface area contributed by atoms with Gasteiger partial charge in [-0.25, -0.2) is 0 Å². The molecule has 150 valence electrons. The second-order valence-electron chi connectivity index (χ2n) is 6.11. The predicted octanol–water partition coefficient (Wildman–Crippen LogP) is 2.95. The highest BCUT2D eigenvalue weighted by atomic mass is 35.5. The van der Waals surface area contributed by atoms with E-state index in [1.807, 2.05) is 37.3 Å². The van der Waals surface area contributed by atoms with Gasteiger partial charge in [-0.3, -0.25) is 4.90 Å². The fourth-order valence-corrected chi connectivity index (χ4v) is 2.92. The van der Waals surface area contributed by atoms with Crippen molar-refractivity contribution in [3.8, 4) is 11.5 Å². The highest BCUT2D eigenvalue weighted by Gasteiger charge is 2.18. The number of rotatable bonds is 8. The van der Waals surface area contributed by atoms with Crippen LogP contribution in [0.25, 0.3) is 6.08 Å². The lowest BCUT2D eigenvalue weighted by molar-refractivity contribution is 0.0464. The van der Waals surface area contributed by atoms with Crippen molar-refractivity contribution in [1.29, 1.82) is 0 Å². The highest BCUT2D eigenvalue weighted by Crippen LogP contribution is 2.28. The first kappa shape index (κ1) is 25.0. The number of piperazine rings is 1.